The first-order valence-electron chi connectivity index (χ1n) is 7.17. The molecule has 0 unspecified atom stereocenters. The van der Waals surface area contributed by atoms with Gasteiger partial charge in [-0.15, -0.1) is 0 Å². The van der Waals surface area contributed by atoms with Crippen LogP contribution in [0, 0.1) is 5.92 Å². The van der Waals surface area contributed by atoms with Gasteiger partial charge in [0.15, 0.2) is 0 Å². The summed E-state index contributed by atoms with van der Waals surface area (Å²) in [5.74, 6) is 1.43. The third-order valence-corrected chi connectivity index (χ3v) is 3.16. The SMILES string of the molecule is CC(C)COc1ccc2ccccc2c1CNCCO. The molecule has 0 fully saturated rings. The van der Waals surface area contributed by atoms with Crippen LogP contribution in [0.15, 0.2) is 36.4 Å². The second-order valence-electron chi connectivity index (χ2n) is 5.37. The van der Waals surface area contributed by atoms with E-state index in [1.165, 1.54) is 10.8 Å². The van der Waals surface area contributed by atoms with Crippen LogP contribution < -0.4 is 10.1 Å². The molecule has 0 heterocycles. The predicted octanol–water partition coefficient (Wildman–Crippen LogP) is 2.96. The third-order valence-electron chi connectivity index (χ3n) is 3.16. The Labute approximate surface area is 120 Å². The Bertz CT molecular complexity index is 552. The monoisotopic (exact) mass is 273 g/mol. The average Bonchev–Trinajstić information content (AvgIpc) is 2.46. The molecule has 0 aliphatic carbocycles. The molecule has 2 N–H and O–H groups in total. The van der Waals surface area contributed by atoms with E-state index in [0.717, 1.165) is 11.3 Å². The number of hydrogen-bond donors (Lipinski definition) is 2. The number of nitrogens with one attached hydrogen (secondary N) is 1. The van der Waals surface area contributed by atoms with Gasteiger partial charge in [0.25, 0.3) is 0 Å². The molecule has 0 saturated heterocycles. The highest BCUT2D eigenvalue weighted by atomic mass is 16.5. The van der Waals surface area contributed by atoms with Gasteiger partial charge in [-0.3, -0.25) is 0 Å². The van der Waals surface area contributed by atoms with Crippen molar-refractivity contribution in [1.29, 1.82) is 0 Å². The Morgan fingerprint density at radius 2 is 1.95 bits per heavy atom. The van der Waals surface area contributed by atoms with Gasteiger partial charge in [0, 0.05) is 18.7 Å². The van der Waals surface area contributed by atoms with Crippen LogP contribution in [0.5, 0.6) is 5.75 Å². The highest BCUT2D eigenvalue weighted by Gasteiger charge is 2.09. The minimum absolute atomic E-state index is 0.146. The lowest BCUT2D eigenvalue weighted by Crippen LogP contribution is -2.18. The maximum absolute atomic E-state index is 8.91. The van der Waals surface area contributed by atoms with Gasteiger partial charge in [0.05, 0.1) is 13.2 Å². The topological polar surface area (TPSA) is 41.5 Å². The zero-order valence-corrected chi connectivity index (χ0v) is 12.2. The number of rotatable bonds is 7. The first kappa shape index (κ1) is 14.8. The van der Waals surface area contributed by atoms with E-state index < -0.39 is 0 Å². The average molecular weight is 273 g/mol. The normalized spacial score (nSPS) is 11.2. The Hall–Kier alpha value is -1.58. The van der Waals surface area contributed by atoms with Crippen LogP contribution in [0.3, 0.4) is 0 Å². The number of ether oxygens (including phenoxy) is 1. The first-order chi connectivity index (χ1) is 9.72. The van der Waals surface area contributed by atoms with E-state index in [1.807, 2.05) is 18.2 Å². The number of aliphatic hydroxyl groups is 1. The molecule has 0 amide bonds. The summed E-state index contributed by atoms with van der Waals surface area (Å²) in [5, 5.41) is 14.6. The van der Waals surface area contributed by atoms with Crippen LogP contribution in [0.4, 0.5) is 0 Å². The van der Waals surface area contributed by atoms with Gasteiger partial charge in [0.1, 0.15) is 5.75 Å². The zero-order valence-electron chi connectivity index (χ0n) is 12.2. The van der Waals surface area contributed by atoms with E-state index in [0.29, 0.717) is 25.6 Å². The molecule has 20 heavy (non-hydrogen) atoms. The van der Waals surface area contributed by atoms with Gasteiger partial charge < -0.3 is 15.2 Å². The lowest BCUT2D eigenvalue weighted by molar-refractivity contribution is 0.267. The summed E-state index contributed by atoms with van der Waals surface area (Å²) in [4.78, 5) is 0. The quantitative estimate of drug-likeness (QED) is 0.762. The lowest BCUT2D eigenvalue weighted by atomic mass is 10.0. The van der Waals surface area contributed by atoms with Gasteiger partial charge in [0.2, 0.25) is 0 Å². The Balaban J connectivity index is 2.31. The van der Waals surface area contributed by atoms with Gasteiger partial charge in [-0.1, -0.05) is 44.2 Å². The van der Waals surface area contributed by atoms with Gasteiger partial charge in [-0.2, -0.15) is 0 Å². The summed E-state index contributed by atoms with van der Waals surface area (Å²) in [7, 11) is 0. The Morgan fingerprint density at radius 1 is 1.15 bits per heavy atom. The molecule has 0 aromatic heterocycles. The summed E-state index contributed by atoms with van der Waals surface area (Å²) >= 11 is 0. The van der Waals surface area contributed by atoms with Crippen molar-refractivity contribution in [2.75, 3.05) is 19.8 Å². The highest BCUT2D eigenvalue weighted by Crippen LogP contribution is 2.28. The number of fused-ring (bicyclic) bond motifs is 1. The van der Waals surface area contributed by atoms with Crippen LogP contribution in [-0.4, -0.2) is 24.9 Å². The maximum Gasteiger partial charge on any atom is 0.124 e. The van der Waals surface area contributed by atoms with Gasteiger partial charge in [-0.25, -0.2) is 0 Å². The molecule has 2 aromatic carbocycles. The van der Waals surface area contributed by atoms with E-state index in [-0.39, 0.29) is 6.61 Å². The molecule has 0 aliphatic heterocycles. The second kappa shape index (κ2) is 7.27. The van der Waals surface area contributed by atoms with Crippen molar-refractivity contribution in [1.82, 2.24) is 5.32 Å². The van der Waals surface area contributed by atoms with Crippen LogP contribution in [0.1, 0.15) is 19.4 Å². The number of benzene rings is 2. The molecule has 2 rings (SSSR count). The highest BCUT2D eigenvalue weighted by molar-refractivity contribution is 5.87. The molecule has 3 nitrogen and oxygen atoms in total. The molecule has 0 aliphatic rings. The first-order valence-corrected chi connectivity index (χ1v) is 7.17. The summed E-state index contributed by atoms with van der Waals surface area (Å²) < 4.78 is 5.93. The Kier molecular flexibility index (Phi) is 5.39. The molecule has 0 bridgehead atoms. The Morgan fingerprint density at radius 3 is 2.70 bits per heavy atom. The predicted molar refractivity (Wildman–Crippen MR) is 83.1 cm³/mol. The fraction of sp³-hybridized carbons (Fsp3) is 0.412. The number of hydrogen-bond acceptors (Lipinski definition) is 3. The molecular weight excluding hydrogens is 250 g/mol. The summed E-state index contributed by atoms with van der Waals surface area (Å²) in [5.41, 5.74) is 1.16. The van der Waals surface area contributed by atoms with E-state index in [9.17, 15) is 0 Å². The summed E-state index contributed by atoms with van der Waals surface area (Å²) in [6.07, 6.45) is 0. The molecule has 108 valence electrons. The fourth-order valence-electron chi connectivity index (χ4n) is 2.18. The van der Waals surface area contributed by atoms with E-state index in [1.54, 1.807) is 0 Å². The van der Waals surface area contributed by atoms with Crippen molar-refractivity contribution in [2.45, 2.75) is 20.4 Å². The van der Waals surface area contributed by atoms with Crippen molar-refractivity contribution in [3.63, 3.8) is 0 Å². The molecule has 0 atom stereocenters. The fourth-order valence-corrected chi connectivity index (χ4v) is 2.18. The second-order valence-corrected chi connectivity index (χ2v) is 5.37. The molecule has 0 saturated carbocycles. The smallest absolute Gasteiger partial charge is 0.124 e. The number of aliphatic hydroxyl groups excluding tert-OH is 1. The third kappa shape index (κ3) is 3.71. The van der Waals surface area contributed by atoms with E-state index in [2.05, 4.69) is 37.4 Å². The molecule has 3 heteroatoms. The van der Waals surface area contributed by atoms with Crippen molar-refractivity contribution in [2.24, 2.45) is 5.92 Å². The van der Waals surface area contributed by atoms with Gasteiger partial charge >= 0.3 is 0 Å². The minimum Gasteiger partial charge on any atom is -0.493 e. The van der Waals surface area contributed by atoms with Crippen molar-refractivity contribution in [3.05, 3.63) is 42.0 Å². The van der Waals surface area contributed by atoms with Gasteiger partial charge in [-0.05, 0) is 22.8 Å². The van der Waals surface area contributed by atoms with Crippen LogP contribution in [-0.2, 0) is 6.54 Å². The largest absolute Gasteiger partial charge is 0.493 e. The van der Waals surface area contributed by atoms with Crippen LogP contribution in [0.25, 0.3) is 10.8 Å². The van der Waals surface area contributed by atoms with Crippen LogP contribution >= 0.6 is 0 Å². The molecular formula is C17H23NO2. The lowest BCUT2D eigenvalue weighted by Gasteiger charge is -2.16. The van der Waals surface area contributed by atoms with Crippen molar-refractivity contribution in [3.8, 4) is 5.75 Å². The van der Waals surface area contributed by atoms with Crippen molar-refractivity contribution >= 4 is 10.8 Å². The minimum atomic E-state index is 0.146. The molecule has 0 radical (unpaired) electrons. The summed E-state index contributed by atoms with van der Waals surface area (Å²) in [6.45, 7) is 6.44. The molecule has 0 spiro atoms. The van der Waals surface area contributed by atoms with Crippen molar-refractivity contribution < 1.29 is 9.84 Å². The maximum atomic E-state index is 8.91. The van der Waals surface area contributed by atoms with E-state index >= 15 is 0 Å². The zero-order chi connectivity index (χ0) is 14.4. The molecule has 2 aromatic rings. The standard InChI is InChI=1S/C17H23NO2/c1-13(2)12-20-17-8-7-14-5-3-4-6-15(14)16(17)11-18-9-10-19/h3-8,13,18-19H,9-12H2,1-2H3. The van der Waals surface area contributed by atoms with E-state index in [4.69, 9.17) is 9.84 Å². The summed E-state index contributed by atoms with van der Waals surface area (Å²) in [6, 6.07) is 12.5. The van der Waals surface area contributed by atoms with Crippen LogP contribution in [0.2, 0.25) is 0 Å².